The lowest BCUT2D eigenvalue weighted by molar-refractivity contribution is 0.237. The third-order valence-electron chi connectivity index (χ3n) is 2.08. The number of nitrogens with one attached hydrogen (secondary N) is 1. The van der Waals surface area contributed by atoms with E-state index in [0.29, 0.717) is 0 Å². The van der Waals surface area contributed by atoms with E-state index in [-0.39, 0.29) is 12.2 Å². The molecule has 2 aromatic heterocycles. The zero-order valence-corrected chi connectivity index (χ0v) is 8.52. The molecule has 0 aliphatic heterocycles. The number of aromatic nitrogens is 4. The first-order valence-corrected chi connectivity index (χ1v) is 4.70. The number of imidazole rings is 2. The lowest BCUT2D eigenvalue weighted by Gasteiger charge is -2.15. The molecule has 0 spiro atoms. The first-order chi connectivity index (χ1) is 7.81. The van der Waals surface area contributed by atoms with Gasteiger partial charge in [-0.15, -0.1) is 0 Å². The van der Waals surface area contributed by atoms with Crippen LogP contribution in [0.1, 0.15) is 6.17 Å². The molecular formula is C10H11N5O. The van der Waals surface area contributed by atoms with Gasteiger partial charge in [-0.05, 0) is 6.08 Å². The van der Waals surface area contributed by atoms with Gasteiger partial charge in [0.25, 0.3) is 0 Å². The number of hydrogen-bond acceptors (Lipinski definition) is 3. The van der Waals surface area contributed by atoms with Crippen molar-refractivity contribution in [3.05, 3.63) is 50.1 Å². The van der Waals surface area contributed by atoms with E-state index in [2.05, 4.69) is 21.9 Å². The van der Waals surface area contributed by atoms with Crippen LogP contribution in [0.5, 0.6) is 0 Å². The van der Waals surface area contributed by atoms with Crippen molar-refractivity contribution < 1.29 is 4.79 Å². The molecule has 6 heteroatoms. The lowest BCUT2D eigenvalue weighted by Crippen LogP contribution is -2.33. The van der Waals surface area contributed by atoms with Gasteiger partial charge in [-0.3, -0.25) is 4.57 Å². The highest BCUT2D eigenvalue weighted by Crippen LogP contribution is 2.03. The molecule has 6 nitrogen and oxygen atoms in total. The summed E-state index contributed by atoms with van der Waals surface area (Å²) in [6.45, 7) is 3.66. The predicted molar refractivity (Wildman–Crippen MR) is 57.6 cm³/mol. The van der Waals surface area contributed by atoms with Crippen LogP contribution in [-0.2, 0) is 0 Å². The van der Waals surface area contributed by atoms with Gasteiger partial charge in [-0.25, -0.2) is 14.8 Å². The van der Waals surface area contributed by atoms with Crippen molar-refractivity contribution in [2.75, 3.05) is 0 Å². The summed E-state index contributed by atoms with van der Waals surface area (Å²) in [5.41, 5.74) is 0. The Bertz CT molecular complexity index is 459. The van der Waals surface area contributed by atoms with E-state index in [1.54, 1.807) is 41.8 Å². The SMILES string of the molecule is C=CC(NC(=O)n1ccnc1)n1ccnc1. The van der Waals surface area contributed by atoms with Crippen LogP contribution >= 0.6 is 0 Å². The number of nitrogens with zero attached hydrogens (tertiary/aromatic N) is 4. The van der Waals surface area contributed by atoms with E-state index in [4.69, 9.17) is 0 Å². The average molecular weight is 217 g/mol. The summed E-state index contributed by atoms with van der Waals surface area (Å²) in [5.74, 6) is 0. The van der Waals surface area contributed by atoms with Crippen LogP contribution < -0.4 is 5.32 Å². The molecule has 1 atom stereocenters. The van der Waals surface area contributed by atoms with E-state index in [9.17, 15) is 4.79 Å². The second kappa shape index (κ2) is 4.43. The molecule has 0 aliphatic rings. The van der Waals surface area contributed by atoms with Gasteiger partial charge < -0.3 is 9.88 Å². The van der Waals surface area contributed by atoms with Crippen molar-refractivity contribution in [3.63, 3.8) is 0 Å². The summed E-state index contributed by atoms with van der Waals surface area (Å²) >= 11 is 0. The fourth-order valence-corrected chi connectivity index (χ4v) is 1.27. The summed E-state index contributed by atoms with van der Waals surface area (Å²) in [6, 6.07) is -0.267. The molecule has 1 amide bonds. The minimum absolute atomic E-state index is 0.267. The second-order valence-electron chi connectivity index (χ2n) is 3.11. The Morgan fingerprint density at radius 3 is 2.62 bits per heavy atom. The first-order valence-electron chi connectivity index (χ1n) is 4.70. The summed E-state index contributed by atoms with van der Waals surface area (Å²) < 4.78 is 3.09. The van der Waals surface area contributed by atoms with Gasteiger partial charge in [0.05, 0.1) is 6.33 Å². The van der Waals surface area contributed by atoms with E-state index < -0.39 is 0 Å². The number of hydrogen-bond donors (Lipinski definition) is 1. The van der Waals surface area contributed by atoms with Crippen LogP contribution in [0.4, 0.5) is 4.79 Å². The summed E-state index contributed by atoms with van der Waals surface area (Å²) in [4.78, 5) is 19.4. The summed E-state index contributed by atoms with van der Waals surface area (Å²) in [7, 11) is 0. The topological polar surface area (TPSA) is 64.7 Å². The molecule has 82 valence electrons. The second-order valence-corrected chi connectivity index (χ2v) is 3.11. The smallest absolute Gasteiger partial charge is 0.313 e. The molecule has 0 saturated carbocycles. The molecular weight excluding hydrogens is 206 g/mol. The number of amides is 1. The van der Waals surface area contributed by atoms with Crippen molar-refractivity contribution in [2.24, 2.45) is 0 Å². The van der Waals surface area contributed by atoms with Gasteiger partial charge in [-0.2, -0.15) is 0 Å². The van der Waals surface area contributed by atoms with Crippen molar-refractivity contribution in [3.8, 4) is 0 Å². The van der Waals surface area contributed by atoms with Gasteiger partial charge >= 0.3 is 6.03 Å². The quantitative estimate of drug-likeness (QED) is 0.781. The van der Waals surface area contributed by atoms with Crippen LogP contribution in [-0.4, -0.2) is 25.1 Å². The molecule has 0 aromatic carbocycles. The first kappa shape index (κ1) is 10.2. The normalized spacial score (nSPS) is 12.0. The Balaban J connectivity index is 2.08. The van der Waals surface area contributed by atoms with E-state index in [0.717, 1.165) is 0 Å². The highest BCUT2D eigenvalue weighted by atomic mass is 16.2. The van der Waals surface area contributed by atoms with Crippen LogP contribution in [0.25, 0.3) is 0 Å². The average Bonchev–Trinajstić information content (AvgIpc) is 2.96. The molecule has 0 fully saturated rings. The molecule has 2 rings (SSSR count). The Kier molecular flexibility index (Phi) is 2.81. The van der Waals surface area contributed by atoms with Crippen LogP contribution in [0.2, 0.25) is 0 Å². The molecule has 0 radical (unpaired) electrons. The zero-order valence-electron chi connectivity index (χ0n) is 8.52. The molecule has 0 saturated heterocycles. The largest absolute Gasteiger partial charge is 0.328 e. The maximum Gasteiger partial charge on any atom is 0.328 e. The van der Waals surface area contributed by atoms with E-state index in [1.165, 1.54) is 10.9 Å². The summed E-state index contributed by atoms with van der Waals surface area (Å²) in [5, 5.41) is 2.76. The Hall–Kier alpha value is -2.37. The Morgan fingerprint density at radius 2 is 2.06 bits per heavy atom. The van der Waals surface area contributed by atoms with Gasteiger partial charge in [0.15, 0.2) is 0 Å². The molecule has 2 aromatic rings. The zero-order chi connectivity index (χ0) is 11.4. The number of carbonyl (C=O) groups excluding carboxylic acids is 1. The fourth-order valence-electron chi connectivity index (χ4n) is 1.27. The monoisotopic (exact) mass is 217 g/mol. The molecule has 0 bridgehead atoms. The highest BCUT2D eigenvalue weighted by Gasteiger charge is 2.10. The van der Waals surface area contributed by atoms with Crippen molar-refractivity contribution >= 4 is 6.03 Å². The van der Waals surface area contributed by atoms with Gasteiger partial charge in [0.2, 0.25) is 0 Å². The van der Waals surface area contributed by atoms with Gasteiger partial charge in [0.1, 0.15) is 12.5 Å². The van der Waals surface area contributed by atoms with Crippen molar-refractivity contribution in [2.45, 2.75) is 6.17 Å². The van der Waals surface area contributed by atoms with E-state index >= 15 is 0 Å². The lowest BCUT2D eigenvalue weighted by atomic mass is 10.4. The standard InChI is InChI=1S/C10H11N5O/c1-2-9(14-5-3-11-7-14)13-10(16)15-6-4-12-8-15/h2-9H,1H2,(H,13,16). The number of carbonyl (C=O) groups is 1. The Morgan fingerprint density at radius 1 is 1.31 bits per heavy atom. The molecule has 2 heterocycles. The predicted octanol–water partition coefficient (Wildman–Crippen LogP) is 1.02. The highest BCUT2D eigenvalue weighted by molar-refractivity contribution is 5.76. The summed E-state index contributed by atoms with van der Waals surface area (Å²) in [6.07, 6.45) is 10.8. The van der Waals surface area contributed by atoms with Crippen molar-refractivity contribution in [1.29, 1.82) is 0 Å². The molecule has 16 heavy (non-hydrogen) atoms. The fraction of sp³-hybridized carbons (Fsp3) is 0.100. The van der Waals surface area contributed by atoms with Crippen LogP contribution in [0, 0.1) is 0 Å². The van der Waals surface area contributed by atoms with Gasteiger partial charge in [-0.1, -0.05) is 6.58 Å². The molecule has 1 unspecified atom stereocenters. The van der Waals surface area contributed by atoms with Crippen LogP contribution in [0.3, 0.4) is 0 Å². The van der Waals surface area contributed by atoms with Crippen molar-refractivity contribution in [1.82, 2.24) is 24.4 Å². The maximum absolute atomic E-state index is 11.7. The van der Waals surface area contributed by atoms with Gasteiger partial charge in [0, 0.05) is 24.8 Å². The third kappa shape index (κ3) is 2.00. The maximum atomic E-state index is 11.7. The molecule has 1 N–H and O–H groups in total. The minimum atomic E-state index is -0.322. The van der Waals surface area contributed by atoms with E-state index in [1.807, 2.05) is 0 Å². The third-order valence-corrected chi connectivity index (χ3v) is 2.08. The number of rotatable bonds is 3. The molecule has 0 aliphatic carbocycles. The van der Waals surface area contributed by atoms with Crippen LogP contribution in [0.15, 0.2) is 50.1 Å². The Labute approximate surface area is 92.2 Å². The minimum Gasteiger partial charge on any atom is -0.313 e.